The lowest BCUT2D eigenvalue weighted by atomic mass is 9.68. The molecule has 7 atom stereocenters. The number of carbonyl (C=O) groups is 2. The van der Waals surface area contributed by atoms with Crippen molar-refractivity contribution in [2.24, 2.45) is 29.6 Å². The lowest BCUT2D eigenvalue weighted by molar-refractivity contribution is -0.123. The van der Waals surface area contributed by atoms with Crippen molar-refractivity contribution >= 4 is 56.5 Å². The van der Waals surface area contributed by atoms with Crippen LogP contribution < -0.4 is 9.77 Å². The van der Waals surface area contributed by atoms with Crippen LogP contribution in [-0.4, -0.2) is 22.0 Å². The fraction of sp³-hybridized carbons (Fsp3) is 0.320. The van der Waals surface area contributed by atoms with Crippen molar-refractivity contribution in [3.63, 3.8) is 0 Å². The summed E-state index contributed by atoms with van der Waals surface area (Å²) in [6.07, 6.45) is 0.909. The highest BCUT2D eigenvalue weighted by Crippen LogP contribution is 2.68. The van der Waals surface area contributed by atoms with E-state index in [0.29, 0.717) is 5.69 Å². The van der Waals surface area contributed by atoms with Gasteiger partial charge >= 0.3 is 4.87 Å². The first kappa shape index (κ1) is 20.2. The van der Waals surface area contributed by atoms with E-state index in [1.54, 1.807) is 11.8 Å². The number of amides is 2. The molecule has 3 fully saturated rings. The molecule has 1 aromatic heterocycles. The summed E-state index contributed by atoms with van der Waals surface area (Å²) in [5.74, 6) is -0.0247. The fourth-order valence-electron chi connectivity index (χ4n) is 6.90. The minimum atomic E-state index is -0.267. The Bertz CT molecular complexity index is 1350. The first-order valence-electron chi connectivity index (χ1n) is 11.1. The number of carbonyl (C=O) groups excluding carboxylic acids is 2. The maximum atomic E-state index is 13.7. The highest BCUT2D eigenvalue weighted by Gasteiger charge is 2.69. The number of rotatable bonds is 2. The largest absolute Gasteiger partial charge is 0.307 e. The van der Waals surface area contributed by atoms with Crippen LogP contribution >= 0.6 is 39.0 Å². The van der Waals surface area contributed by atoms with Gasteiger partial charge < -0.3 is 4.98 Å². The molecule has 2 aliphatic heterocycles. The van der Waals surface area contributed by atoms with Crippen LogP contribution in [0.3, 0.4) is 0 Å². The van der Waals surface area contributed by atoms with Gasteiger partial charge in [-0.25, -0.2) is 0 Å². The third-order valence-corrected chi connectivity index (χ3v) is 11.1. The zero-order valence-corrected chi connectivity index (χ0v) is 20.5. The Balaban J connectivity index is 1.33. The molecule has 2 saturated carbocycles. The number of aromatic amines is 1. The molecule has 4 aliphatic rings. The molecule has 166 valence electrons. The Morgan fingerprint density at radius 3 is 2.33 bits per heavy atom. The monoisotopic (exact) mass is 538 g/mol. The van der Waals surface area contributed by atoms with Crippen LogP contribution in [0.4, 0.5) is 5.69 Å². The molecule has 0 spiro atoms. The third kappa shape index (κ3) is 2.74. The first-order valence-corrected chi connectivity index (χ1v) is 13.6. The van der Waals surface area contributed by atoms with Gasteiger partial charge in [0.25, 0.3) is 0 Å². The van der Waals surface area contributed by atoms with Crippen molar-refractivity contribution in [1.82, 2.24) is 4.98 Å². The van der Waals surface area contributed by atoms with E-state index in [4.69, 9.17) is 0 Å². The average Bonchev–Trinajstić information content (AvgIpc) is 3.54. The Hall–Kier alpha value is -2.16. The van der Waals surface area contributed by atoms with Crippen LogP contribution in [0.5, 0.6) is 0 Å². The molecule has 7 rings (SSSR count). The van der Waals surface area contributed by atoms with Gasteiger partial charge in [0.2, 0.25) is 11.8 Å². The van der Waals surface area contributed by atoms with Crippen LogP contribution in [0.15, 0.2) is 68.9 Å². The molecule has 3 heterocycles. The summed E-state index contributed by atoms with van der Waals surface area (Å²) in [6, 6.07) is 17.7. The smallest absolute Gasteiger partial charge is 0.305 e. The molecule has 2 aromatic carbocycles. The van der Waals surface area contributed by atoms with Crippen LogP contribution in [0.2, 0.25) is 0 Å². The molecule has 0 radical (unpaired) electrons. The molecule has 5 nitrogen and oxygen atoms in total. The third-order valence-electron chi connectivity index (χ3n) is 7.97. The molecule has 1 N–H and O–H groups in total. The van der Waals surface area contributed by atoms with E-state index in [9.17, 15) is 14.4 Å². The number of aromatic nitrogens is 1. The minimum absolute atomic E-state index is 0.0329. The topological polar surface area (TPSA) is 70.2 Å². The van der Waals surface area contributed by atoms with Gasteiger partial charge in [-0.15, -0.1) is 11.8 Å². The number of nitrogens with zero attached hydrogens (tertiary/aromatic N) is 1. The molecule has 3 aromatic rings. The Morgan fingerprint density at radius 2 is 1.61 bits per heavy atom. The maximum absolute atomic E-state index is 13.7. The second-order valence-electron chi connectivity index (χ2n) is 9.36. The van der Waals surface area contributed by atoms with E-state index in [0.717, 1.165) is 20.8 Å². The van der Waals surface area contributed by atoms with Crippen molar-refractivity contribution in [1.29, 1.82) is 0 Å². The number of anilines is 1. The number of nitrogens with one attached hydrogen (secondary N) is 1. The van der Waals surface area contributed by atoms with Crippen molar-refractivity contribution in [3.05, 3.63) is 79.2 Å². The number of hydrogen-bond donors (Lipinski definition) is 1. The highest BCUT2D eigenvalue weighted by atomic mass is 79.9. The van der Waals surface area contributed by atoms with Gasteiger partial charge in [-0.3, -0.25) is 19.3 Å². The standard InChI is InChI=1S/C25H19BrN2O3S2/c26-12-6-8-13(9-7-12)28-23(29)18-14-10-15(19(18)24(28)30)20-17(14)16(11-4-2-1-3-5-11)21-22(32-20)27-25(31)33-21/h1-9,14-20H,10H2,(H,27,31)/t14-,15-,16?,17?,18?,19?,20?/m1/s1. The van der Waals surface area contributed by atoms with Crippen LogP contribution in [0, 0.1) is 29.6 Å². The minimum Gasteiger partial charge on any atom is -0.307 e. The number of thioether (sulfide) groups is 1. The van der Waals surface area contributed by atoms with Gasteiger partial charge in [0.1, 0.15) is 0 Å². The van der Waals surface area contributed by atoms with E-state index in [1.807, 2.05) is 42.5 Å². The fourth-order valence-corrected chi connectivity index (χ4v) is 10.0. The van der Waals surface area contributed by atoms with E-state index in [2.05, 4.69) is 33.0 Å². The molecule has 2 amide bonds. The zero-order valence-electron chi connectivity index (χ0n) is 17.3. The number of fused-ring (bicyclic) bond motifs is 9. The molecule has 2 aliphatic carbocycles. The van der Waals surface area contributed by atoms with Crippen LogP contribution in [0.25, 0.3) is 0 Å². The SMILES string of the molecule is O=C1C2C(C(=O)N1c1ccc(Br)cc1)[C@@H]1C[C@H]2C2Sc3[nH]c(=O)sc3C(c3ccccc3)C21. The maximum Gasteiger partial charge on any atom is 0.305 e. The summed E-state index contributed by atoms with van der Waals surface area (Å²) in [5.41, 5.74) is 1.84. The predicted octanol–water partition coefficient (Wildman–Crippen LogP) is 4.88. The number of H-pyrrole nitrogens is 1. The van der Waals surface area contributed by atoms with Crippen LogP contribution in [0.1, 0.15) is 22.8 Å². The van der Waals surface area contributed by atoms with Gasteiger partial charge in [-0.05, 0) is 54.0 Å². The molecular formula is C25H19BrN2O3S2. The molecule has 8 heteroatoms. The average molecular weight is 539 g/mol. The lowest BCUT2D eigenvalue weighted by Gasteiger charge is -2.43. The number of halogens is 1. The molecular weight excluding hydrogens is 520 g/mol. The van der Waals surface area contributed by atoms with Gasteiger partial charge in [0.05, 0.1) is 22.5 Å². The quantitative estimate of drug-likeness (QED) is 0.472. The Morgan fingerprint density at radius 1 is 0.909 bits per heavy atom. The lowest BCUT2D eigenvalue weighted by Crippen LogP contribution is -2.42. The normalized spacial score (nSPS) is 33.8. The van der Waals surface area contributed by atoms with E-state index in [1.165, 1.54) is 21.8 Å². The Kier molecular flexibility index (Phi) is 4.40. The second-order valence-corrected chi connectivity index (χ2v) is 12.5. The summed E-state index contributed by atoms with van der Waals surface area (Å²) in [5, 5.41) is 1.17. The summed E-state index contributed by atoms with van der Waals surface area (Å²) in [4.78, 5) is 45.1. The molecule has 5 unspecified atom stereocenters. The van der Waals surface area contributed by atoms with Crippen molar-refractivity contribution in [3.8, 4) is 0 Å². The van der Waals surface area contributed by atoms with Crippen molar-refractivity contribution in [2.75, 3.05) is 4.90 Å². The van der Waals surface area contributed by atoms with Crippen LogP contribution in [-0.2, 0) is 9.59 Å². The van der Waals surface area contributed by atoms with Gasteiger partial charge in [-0.1, -0.05) is 57.6 Å². The van der Waals surface area contributed by atoms with Gasteiger partial charge in [-0.2, -0.15) is 0 Å². The van der Waals surface area contributed by atoms with Gasteiger partial charge in [0.15, 0.2) is 0 Å². The van der Waals surface area contributed by atoms with Gasteiger partial charge in [0, 0.05) is 20.5 Å². The number of benzene rings is 2. The number of hydrogen-bond acceptors (Lipinski definition) is 5. The predicted molar refractivity (Wildman–Crippen MR) is 132 cm³/mol. The molecule has 2 bridgehead atoms. The second kappa shape index (κ2) is 7.17. The summed E-state index contributed by atoms with van der Waals surface area (Å²) in [7, 11) is 0. The van der Waals surface area contributed by atoms with Crippen molar-refractivity contribution < 1.29 is 9.59 Å². The van der Waals surface area contributed by atoms with E-state index < -0.39 is 0 Å². The summed E-state index contributed by atoms with van der Waals surface area (Å²) < 4.78 is 0.916. The van der Waals surface area contributed by atoms with E-state index in [-0.39, 0.29) is 57.4 Å². The number of imide groups is 1. The first-order chi connectivity index (χ1) is 16.0. The highest BCUT2D eigenvalue weighted by molar-refractivity contribution is 9.10. The summed E-state index contributed by atoms with van der Waals surface area (Å²) >= 11 is 6.46. The summed E-state index contributed by atoms with van der Waals surface area (Å²) in [6.45, 7) is 0. The zero-order chi connectivity index (χ0) is 22.4. The molecule has 1 saturated heterocycles. The Labute approximate surface area is 206 Å². The molecule has 33 heavy (non-hydrogen) atoms. The van der Waals surface area contributed by atoms with E-state index >= 15 is 0 Å². The number of thiazole rings is 1. The van der Waals surface area contributed by atoms with Crippen molar-refractivity contribution in [2.45, 2.75) is 22.6 Å².